The van der Waals surface area contributed by atoms with Crippen molar-refractivity contribution in [1.29, 1.82) is 0 Å². The van der Waals surface area contributed by atoms with Crippen LogP contribution in [0.4, 0.5) is 4.79 Å². The highest BCUT2D eigenvalue weighted by Crippen LogP contribution is 2.16. The van der Waals surface area contributed by atoms with Crippen molar-refractivity contribution in [2.75, 3.05) is 13.1 Å². The Morgan fingerprint density at radius 2 is 2.00 bits per heavy atom. The van der Waals surface area contributed by atoms with Crippen LogP contribution in [-0.4, -0.2) is 41.0 Å². The normalized spacial score (nSPS) is 18.3. The van der Waals surface area contributed by atoms with E-state index in [1.54, 1.807) is 0 Å². The molecule has 0 bridgehead atoms. The lowest BCUT2D eigenvalue weighted by Crippen LogP contribution is -2.55. The molecule has 1 aliphatic heterocycles. The third kappa shape index (κ3) is 2.86. The molecular weight excluding hydrogens is 174 g/mol. The summed E-state index contributed by atoms with van der Waals surface area (Å²) in [7, 11) is 0. The third-order valence-electron chi connectivity index (χ3n) is 1.65. The lowest BCUT2D eigenvalue weighted by atomic mass is 10.2. The maximum Gasteiger partial charge on any atom is 0.410 e. The highest BCUT2D eigenvalue weighted by atomic mass is 17.1. The van der Waals surface area contributed by atoms with Crippen LogP contribution in [0.2, 0.25) is 0 Å². The van der Waals surface area contributed by atoms with Gasteiger partial charge < -0.3 is 9.64 Å². The van der Waals surface area contributed by atoms with Crippen molar-refractivity contribution in [3.05, 3.63) is 0 Å². The van der Waals surface area contributed by atoms with Crippen molar-refractivity contribution in [2.45, 2.75) is 32.5 Å². The maximum absolute atomic E-state index is 11.3. The van der Waals surface area contributed by atoms with E-state index in [1.807, 2.05) is 20.8 Å². The van der Waals surface area contributed by atoms with Gasteiger partial charge >= 0.3 is 6.09 Å². The minimum Gasteiger partial charge on any atom is -0.444 e. The molecule has 0 atom stereocenters. The second-order valence-corrected chi connectivity index (χ2v) is 4.11. The number of carbonyl (C=O) groups excluding carboxylic acids is 1. The van der Waals surface area contributed by atoms with Crippen molar-refractivity contribution >= 4 is 6.09 Å². The van der Waals surface area contributed by atoms with E-state index in [-0.39, 0.29) is 12.2 Å². The summed E-state index contributed by atoms with van der Waals surface area (Å²) in [5.41, 5.74) is -0.470. The Morgan fingerprint density at radius 3 is 2.38 bits per heavy atom. The zero-order valence-corrected chi connectivity index (χ0v) is 8.11. The number of carbonyl (C=O) groups is 1. The van der Waals surface area contributed by atoms with Gasteiger partial charge in [-0.1, -0.05) is 0 Å². The van der Waals surface area contributed by atoms with E-state index in [9.17, 15) is 4.79 Å². The molecule has 1 aliphatic rings. The molecular formula is C8H15NO4. The smallest absolute Gasteiger partial charge is 0.410 e. The number of amides is 1. The molecule has 0 saturated carbocycles. The van der Waals surface area contributed by atoms with Crippen molar-refractivity contribution in [2.24, 2.45) is 0 Å². The summed E-state index contributed by atoms with van der Waals surface area (Å²) in [6.45, 7) is 6.22. The van der Waals surface area contributed by atoms with Gasteiger partial charge in [0.1, 0.15) is 11.7 Å². The van der Waals surface area contributed by atoms with Crippen LogP contribution < -0.4 is 0 Å². The summed E-state index contributed by atoms with van der Waals surface area (Å²) in [5.74, 6) is 0. The van der Waals surface area contributed by atoms with E-state index in [4.69, 9.17) is 9.99 Å². The lowest BCUT2D eigenvalue weighted by Gasteiger charge is -2.37. The zero-order valence-electron chi connectivity index (χ0n) is 8.11. The Kier molecular flexibility index (Phi) is 2.77. The first-order valence-corrected chi connectivity index (χ1v) is 4.20. The van der Waals surface area contributed by atoms with Gasteiger partial charge in [0, 0.05) is 0 Å². The first kappa shape index (κ1) is 10.3. The van der Waals surface area contributed by atoms with Gasteiger partial charge in [-0.05, 0) is 20.8 Å². The molecule has 1 heterocycles. The fourth-order valence-corrected chi connectivity index (χ4v) is 0.980. The average Bonchev–Trinajstić information content (AvgIpc) is 1.79. The minimum atomic E-state index is -0.470. The van der Waals surface area contributed by atoms with E-state index in [0.29, 0.717) is 13.1 Å². The van der Waals surface area contributed by atoms with Crippen LogP contribution >= 0.6 is 0 Å². The minimum absolute atomic E-state index is 0.257. The van der Waals surface area contributed by atoms with E-state index < -0.39 is 5.60 Å². The van der Waals surface area contributed by atoms with E-state index in [1.165, 1.54) is 4.90 Å². The third-order valence-corrected chi connectivity index (χ3v) is 1.65. The van der Waals surface area contributed by atoms with Crippen LogP contribution in [-0.2, 0) is 9.62 Å². The second kappa shape index (κ2) is 3.51. The Bertz CT molecular complexity index is 193. The van der Waals surface area contributed by atoms with Crippen LogP contribution in [0.25, 0.3) is 0 Å². The molecule has 13 heavy (non-hydrogen) atoms. The standard InChI is InChI=1S/C8H15NO4/c1-8(2,3)12-7(10)9-4-6(5-9)13-11/h6,11H,4-5H2,1-3H3. The molecule has 0 aromatic carbocycles. The Hall–Kier alpha value is -0.810. The molecule has 0 unspecified atom stereocenters. The van der Waals surface area contributed by atoms with Gasteiger partial charge in [0.25, 0.3) is 0 Å². The van der Waals surface area contributed by atoms with Gasteiger partial charge in [-0.25, -0.2) is 9.68 Å². The SMILES string of the molecule is CC(C)(C)OC(=O)N1CC(OO)C1. The number of hydrogen-bond acceptors (Lipinski definition) is 4. The molecule has 1 rings (SSSR count). The summed E-state index contributed by atoms with van der Waals surface area (Å²) >= 11 is 0. The molecule has 5 nitrogen and oxygen atoms in total. The van der Waals surface area contributed by atoms with Crippen LogP contribution in [0.5, 0.6) is 0 Å². The molecule has 0 aromatic rings. The van der Waals surface area contributed by atoms with Crippen molar-refractivity contribution < 1.29 is 19.7 Å². The van der Waals surface area contributed by atoms with Crippen molar-refractivity contribution in [1.82, 2.24) is 4.90 Å². The first-order chi connectivity index (χ1) is 5.92. The van der Waals surface area contributed by atoms with Crippen molar-refractivity contribution in [3.8, 4) is 0 Å². The van der Waals surface area contributed by atoms with E-state index >= 15 is 0 Å². The largest absolute Gasteiger partial charge is 0.444 e. The first-order valence-electron chi connectivity index (χ1n) is 4.20. The fraction of sp³-hybridized carbons (Fsp3) is 0.875. The second-order valence-electron chi connectivity index (χ2n) is 4.11. The van der Waals surface area contributed by atoms with E-state index in [2.05, 4.69) is 4.89 Å². The quantitative estimate of drug-likeness (QED) is 0.495. The predicted molar refractivity (Wildman–Crippen MR) is 45.3 cm³/mol. The van der Waals surface area contributed by atoms with Gasteiger partial charge in [-0.2, -0.15) is 0 Å². The molecule has 1 N–H and O–H groups in total. The van der Waals surface area contributed by atoms with Crippen LogP contribution in [0, 0.1) is 0 Å². The molecule has 76 valence electrons. The predicted octanol–water partition coefficient (Wildman–Crippen LogP) is 1.10. The highest BCUT2D eigenvalue weighted by molar-refractivity contribution is 5.69. The number of likely N-dealkylation sites (tertiary alicyclic amines) is 1. The van der Waals surface area contributed by atoms with Gasteiger partial charge in [0.15, 0.2) is 0 Å². The molecule has 0 spiro atoms. The fourth-order valence-electron chi connectivity index (χ4n) is 0.980. The Balaban J connectivity index is 2.27. The van der Waals surface area contributed by atoms with Crippen LogP contribution in [0.3, 0.4) is 0 Å². The summed E-state index contributed by atoms with van der Waals surface area (Å²) in [6, 6.07) is 0. The zero-order chi connectivity index (χ0) is 10.1. The Labute approximate surface area is 77.2 Å². The molecule has 5 heteroatoms. The highest BCUT2D eigenvalue weighted by Gasteiger charge is 2.34. The molecule has 1 saturated heterocycles. The van der Waals surface area contributed by atoms with Gasteiger partial charge in [0.05, 0.1) is 13.1 Å². The number of nitrogens with zero attached hydrogens (tertiary/aromatic N) is 1. The maximum atomic E-state index is 11.3. The Morgan fingerprint density at radius 1 is 1.46 bits per heavy atom. The lowest BCUT2D eigenvalue weighted by molar-refractivity contribution is -0.300. The molecule has 0 radical (unpaired) electrons. The van der Waals surface area contributed by atoms with Gasteiger partial charge in [0.2, 0.25) is 0 Å². The van der Waals surface area contributed by atoms with E-state index in [0.717, 1.165) is 0 Å². The monoisotopic (exact) mass is 189 g/mol. The number of ether oxygens (including phenoxy) is 1. The van der Waals surface area contributed by atoms with Gasteiger partial charge in [-0.3, -0.25) is 5.26 Å². The average molecular weight is 189 g/mol. The van der Waals surface area contributed by atoms with Crippen LogP contribution in [0.15, 0.2) is 0 Å². The molecule has 0 aromatic heterocycles. The molecule has 0 aliphatic carbocycles. The molecule has 1 amide bonds. The van der Waals surface area contributed by atoms with Gasteiger partial charge in [-0.15, -0.1) is 0 Å². The summed E-state index contributed by atoms with van der Waals surface area (Å²) in [6.07, 6.45) is -0.617. The summed E-state index contributed by atoms with van der Waals surface area (Å²) < 4.78 is 5.08. The molecule has 1 fully saturated rings. The number of hydrogen-bond donors (Lipinski definition) is 1. The number of rotatable bonds is 1. The van der Waals surface area contributed by atoms with Crippen molar-refractivity contribution in [3.63, 3.8) is 0 Å². The van der Waals surface area contributed by atoms with Crippen LogP contribution in [0.1, 0.15) is 20.8 Å². The summed E-state index contributed by atoms with van der Waals surface area (Å²) in [5, 5.41) is 8.24. The summed E-state index contributed by atoms with van der Waals surface area (Å²) in [4.78, 5) is 16.8. The topological polar surface area (TPSA) is 59.0 Å².